The molecule has 1 aliphatic rings. The van der Waals surface area contributed by atoms with E-state index in [1.807, 2.05) is 19.9 Å². The number of hydrogen-bond donors (Lipinski definition) is 1. The van der Waals surface area contributed by atoms with Crippen LogP contribution in [-0.4, -0.2) is 60.1 Å². The van der Waals surface area contributed by atoms with Crippen molar-refractivity contribution in [1.29, 1.82) is 0 Å². The second-order valence-corrected chi connectivity index (χ2v) is 7.67. The summed E-state index contributed by atoms with van der Waals surface area (Å²) >= 11 is 0. The first-order valence-electron chi connectivity index (χ1n) is 11.1. The van der Waals surface area contributed by atoms with Crippen LogP contribution in [0.3, 0.4) is 0 Å². The van der Waals surface area contributed by atoms with Crippen molar-refractivity contribution in [2.24, 2.45) is 0 Å². The summed E-state index contributed by atoms with van der Waals surface area (Å²) in [5, 5.41) is 18.4. The summed E-state index contributed by atoms with van der Waals surface area (Å²) < 4.78 is 18.5. The number of carbonyl (C=O) groups is 1. The van der Waals surface area contributed by atoms with Crippen molar-refractivity contribution in [1.82, 2.24) is 9.78 Å². The molecule has 1 fully saturated rings. The molecule has 0 unspecified atom stereocenters. The van der Waals surface area contributed by atoms with E-state index in [1.165, 1.54) is 4.68 Å². The van der Waals surface area contributed by atoms with Gasteiger partial charge in [-0.15, -0.1) is 0 Å². The Kier molecular flexibility index (Phi) is 7.75. The number of rotatable bonds is 9. The first kappa shape index (κ1) is 24.3. The molecule has 0 aliphatic carbocycles. The SMILES string of the molecule is CCOc1cc(N2CCOCC2)c(OCC)cc1NC(=O)[C@@H](C)n1nc(C)c([N+](=O)[O-])c1C. The van der Waals surface area contributed by atoms with Gasteiger partial charge in [0.2, 0.25) is 5.91 Å². The van der Waals surface area contributed by atoms with Crippen molar-refractivity contribution in [3.63, 3.8) is 0 Å². The topological polar surface area (TPSA) is 121 Å². The van der Waals surface area contributed by atoms with Crippen LogP contribution in [0.15, 0.2) is 12.1 Å². The third-order valence-corrected chi connectivity index (χ3v) is 5.49. The van der Waals surface area contributed by atoms with Crippen LogP contribution in [-0.2, 0) is 9.53 Å². The van der Waals surface area contributed by atoms with Gasteiger partial charge >= 0.3 is 5.69 Å². The average Bonchev–Trinajstić information content (AvgIpc) is 3.09. The second-order valence-electron chi connectivity index (χ2n) is 7.67. The fourth-order valence-corrected chi connectivity index (χ4v) is 3.89. The smallest absolute Gasteiger partial charge is 0.312 e. The summed E-state index contributed by atoms with van der Waals surface area (Å²) in [4.78, 5) is 26.1. The molecule has 1 N–H and O–H groups in total. The molecule has 0 spiro atoms. The molecule has 33 heavy (non-hydrogen) atoms. The van der Waals surface area contributed by atoms with E-state index in [0.29, 0.717) is 49.3 Å². The Morgan fingerprint density at radius 1 is 1.21 bits per heavy atom. The van der Waals surface area contributed by atoms with Crippen molar-refractivity contribution in [3.8, 4) is 11.5 Å². The molecule has 11 heteroatoms. The van der Waals surface area contributed by atoms with Crippen LogP contribution in [0.5, 0.6) is 11.5 Å². The number of carbonyl (C=O) groups excluding carboxylic acids is 1. The number of nitrogens with zero attached hydrogens (tertiary/aromatic N) is 4. The van der Waals surface area contributed by atoms with Gasteiger partial charge in [0.05, 0.1) is 42.7 Å². The van der Waals surface area contributed by atoms with E-state index in [9.17, 15) is 14.9 Å². The second kappa shape index (κ2) is 10.5. The maximum atomic E-state index is 13.1. The van der Waals surface area contributed by atoms with Gasteiger partial charge in [-0.05, 0) is 34.6 Å². The zero-order valence-corrected chi connectivity index (χ0v) is 19.7. The molecule has 0 bridgehead atoms. The number of hydrogen-bond acceptors (Lipinski definition) is 8. The van der Waals surface area contributed by atoms with Crippen molar-refractivity contribution in [2.75, 3.05) is 49.7 Å². The van der Waals surface area contributed by atoms with Gasteiger partial charge < -0.3 is 24.4 Å². The van der Waals surface area contributed by atoms with E-state index in [2.05, 4.69) is 15.3 Å². The molecule has 3 rings (SSSR count). The summed E-state index contributed by atoms with van der Waals surface area (Å²) in [6.45, 7) is 12.1. The highest BCUT2D eigenvalue weighted by atomic mass is 16.6. The fraction of sp³-hybridized carbons (Fsp3) is 0.545. The van der Waals surface area contributed by atoms with Gasteiger partial charge in [0, 0.05) is 25.2 Å². The molecule has 1 amide bonds. The third-order valence-electron chi connectivity index (χ3n) is 5.49. The first-order chi connectivity index (χ1) is 15.8. The predicted octanol–water partition coefficient (Wildman–Crippen LogP) is 3.24. The highest BCUT2D eigenvalue weighted by Crippen LogP contribution is 2.39. The van der Waals surface area contributed by atoms with E-state index in [0.717, 1.165) is 18.8 Å². The number of anilines is 2. The van der Waals surface area contributed by atoms with Crippen LogP contribution < -0.4 is 19.7 Å². The Labute approximate surface area is 192 Å². The lowest BCUT2D eigenvalue weighted by atomic mass is 10.2. The van der Waals surface area contributed by atoms with E-state index < -0.39 is 11.0 Å². The lowest BCUT2D eigenvalue weighted by Crippen LogP contribution is -2.36. The van der Waals surface area contributed by atoms with Crippen molar-refractivity contribution >= 4 is 23.0 Å². The quantitative estimate of drug-likeness (QED) is 0.446. The number of benzene rings is 1. The zero-order chi connectivity index (χ0) is 24.1. The molecular formula is C22H31N5O6. The van der Waals surface area contributed by atoms with Gasteiger partial charge in [-0.1, -0.05) is 0 Å². The van der Waals surface area contributed by atoms with Gasteiger partial charge in [0.1, 0.15) is 28.9 Å². The lowest BCUT2D eigenvalue weighted by Gasteiger charge is -2.31. The highest BCUT2D eigenvalue weighted by molar-refractivity contribution is 5.95. The summed E-state index contributed by atoms with van der Waals surface area (Å²) in [6.07, 6.45) is 0. The maximum absolute atomic E-state index is 13.1. The number of nitrogens with one attached hydrogen (secondary N) is 1. The fourth-order valence-electron chi connectivity index (χ4n) is 3.89. The minimum absolute atomic E-state index is 0.0850. The van der Waals surface area contributed by atoms with Crippen LogP contribution in [0.1, 0.15) is 38.2 Å². The minimum atomic E-state index is -0.777. The summed E-state index contributed by atoms with van der Waals surface area (Å²) in [6, 6.07) is 2.85. The number of ether oxygens (including phenoxy) is 3. The van der Waals surface area contributed by atoms with Gasteiger partial charge in [-0.3, -0.25) is 19.6 Å². The van der Waals surface area contributed by atoms with Gasteiger partial charge in [0.15, 0.2) is 0 Å². The number of aryl methyl sites for hydroxylation is 1. The molecule has 0 saturated carbocycles. The lowest BCUT2D eigenvalue weighted by molar-refractivity contribution is -0.386. The Bertz CT molecular complexity index is 1020. The Balaban J connectivity index is 1.93. The van der Waals surface area contributed by atoms with Crippen molar-refractivity contribution in [3.05, 3.63) is 33.6 Å². The number of aromatic nitrogens is 2. The van der Waals surface area contributed by atoms with E-state index >= 15 is 0 Å². The van der Waals surface area contributed by atoms with Gasteiger partial charge in [0.25, 0.3) is 0 Å². The zero-order valence-electron chi connectivity index (χ0n) is 19.7. The molecule has 2 aromatic rings. The maximum Gasteiger partial charge on any atom is 0.312 e. The molecular weight excluding hydrogens is 430 g/mol. The molecule has 1 aromatic carbocycles. The average molecular weight is 462 g/mol. The summed E-state index contributed by atoms with van der Waals surface area (Å²) in [5.74, 6) is 0.771. The Hall–Kier alpha value is -3.34. The molecule has 1 saturated heterocycles. The van der Waals surface area contributed by atoms with Crippen LogP contribution in [0.4, 0.5) is 17.1 Å². The van der Waals surface area contributed by atoms with Gasteiger partial charge in [-0.25, -0.2) is 0 Å². The summed E-state index contributed by atoms with van der Waals surface area (Å²) in [7, 11) is 0. The first-order valence-corrected chi connectivity index (χ1v) is 11.1. The van der Waals surface area contributed by atoms with E-state index in [4.69, 9.17) is 14.2 Å². The van der Waals surface area contributed by atoms with Crippen LogP contribution in [0.25, 0.3) is 0 Å². The summed E-state index contributed by atoms with van der Waals surface area (Å²) in [5.41, 5.74) is 1.84. The molecule has 1 aromatic heterocycles. The van der Waals surface area contributed by atoms with E-state index in [-0.39, 0.29) is 17.3 Å². The molecule has 180 valence electrons. The Morgan fingerprint density at radius 3 is 2.42 bits per heavy atom. The largest absolute Gasteiger partial charge is 0.492 e. The monoisotopic (exact) mass is 461 g/mol. The molecule has 1 aliphatic heterocycles. The van der Waals surface area contributed by atoms with Crippen LogP contribution in [0.2, 0.25) is 0 Å². The predicted molar refractivity (Wildman–Crippen MR) is 124 cm³/mol. The van der Waals surface area contributed by atoms with Crippen molar-refractivity contribution in [2.45, 2.75) is 40.7 Å². The minimum Gasteiger partial charge on any atom is -0.492 e. The molecule has 1 atom stereocenters. The van der Waals surface area contributed by atoms with E-state index in [1.54, 1.807) is 26.8 Å². The standard InChI is InChI=1S/C22H31N5O6/c1-6-32-19-13-18(25-8-10-31-11-9-25)20(33-7-2)12-17(19)23-22(28)16(5)26-15(4)21(27(29)30)14(3)24-26/h12-13,16H,6-11H2,1-5H3,(H,23,28)/t16-/m1/s1. The van der Waals surface area contributed by atoms with Crippen LogP contribution >= 0.6 is 0 Å². The molecule has 0 radical (unpaired) electrons. The normalized spacial score (nSPS) is 14.6. The third kappa shape index (κ3) is 5.19. The number of amides is 1. The number of nitro groups is 1. The highest BCUT2D eigenvalue weighted by Gasteiger charge is 2.28. The Morgan fingerprint density at radius 2 is 1.85 bits per heavy atom. The van der Waals surface area contributed by atoms with Crippen LogP contribution in [0, 0.1) is 24.0 Å². The van der Waals surface area contributed by atoms with Crippen molar-refractivity contribution < 1.29 is 23.9 Å². The number of morpholine rings is 1. The van der Waals surface area contributed by atoms with Gasteiger partial charge in [-0.2, -0.15) is 5.10 Å². The molecule has 2 heterocycles. The molecule has 11 nitrogen and oxygen atoms in total.